The van der Waals surface area contributed by atoms with E-state index in [1.807, 2.05) is 60.7 Å². The highest BCUT2D eigenvalue weighted by atomic mass is 16.5. The predicted molar refractivity (Wildman–Crippen MR) is 87.0 cm³/mol. The van der Waals surface area contributed by atoms with Crippen molar-refractivity contribution in [2.75, 3.05) is 6.61 Å². The molecular weight excluding hydrogens is 296 g/mol. The third-order valence-corrected chi connectivity index (χ3v) is 2.28. The fourth-order valence-corrected chi connectivity index (χ4v) is 1.11. The van der Waals surface area contributed by atoms with Gasteiger partial charge in [0.25, 0.3) is 0 Å². The first-order chi connectivity index (χ1) is 11.0. The van der Waals surface area contributed by atoms with E-state index >= 15 is 0 Å². The number of ether oxygens (including phenoxy) is 1. The average molecular weight is 319 g/mol. The van der Waals surface area contributed by atoms with E-state index in [0.717, 1.165) is 11.5 Å². The minimum absolute atomic E-state index is 0.111. The molecule has 2 N–H and O–H groups in total. The molecule has 0 spiro atoms. The lowest BCUT2D eigenvalue weighted by Crippen LogP contribution is -2.19. The number of carboxylic acid groups (broad SMARTS) is 1. The lowest BCUT2D eigenvalue weighted by Gasteiger charge is -2.03. The molecule has 0 amide bonds. The molecule has 0 aliphatic carbocycles. The van der Waals surface area contributed by atoms with Crippen LogP contribution >= 0.6 is 0 Å². The maximum absolute atomic E-state index is 9.26. The lowest BCUT2D eigenvalue weighted by atomic mass is 10.3. The van der Waals surface area contributed by atoms with Crippen molar-refractivity contribution >= 4 is 5.97 Å². The summed E-state index contributed by atoms with van der Waals surface area (Å²) < 4.78 is 5.58. The smallest absolute Gasteiger partial charge is 0.127 e. The number of carbonyl (C=O) groups is 1. The van der Waals surface area contributed by atoms with Gasteiger partial charge in [0.1, 0.15) is 11.5 Å². The Hall–Kier alpha value is -2.37. The van der Waals surface area contributed by atoms with Gasteiger partial charge in [-0.25, -0.2) is 0 Å². The fraction of sp³-hybridized carbons (Fsp3) is 0.278. The van der Waals surface area contributed by atoms with E-state index in [0.29, 0.717) is 0 Å². The number of para-hydroxylation sites is 2. The summed E-state index contributed by atoms with van der Waals surface area (Å²) in [5, 5.41) is 25.3. The van der Waals surface area contributed by atoms with E-state index < -0.39 is 12.1 Å². The fourth-order valence-electron chi connectivity index (χ4n) is 1.11. The van der Waals surface area contributed by atoms with Crippen LogP contribution < -0.4 is 9.84 Å². The summed E-state index contributed by atoms with van der Waals surface area (Å²) in [6.07, 6.45) is -0.449. The van der Waals surface area contributed by atoms with Gasteiger partial charge in [0.2, 0.25) is 0 Å². The largest absolute Gasteiger partial charge is 0.550 e. The minimum Gasteiger partial charge on any atom is -0.550 e. The highest BCUT2D eigenvalue weighted by molar-refractivity contribution is 5.63. The first-order valence-corrected chi connectivity index (χ1v) is 7.26. The molecule has 0 aliphatic heterocycles. The Bertz CT molecular complexity index is 474. The normalized spacial score (nSPS) is 10.3. The minimum atomic E-state index is -0.995. The molecule has 0 aromatic heterocycles. The number of hydrogen-bond acceptors (Lipinski definition) is 5. The molecular formula is C18H23O5-. The maximum Gasteiger partial charge on any atom is 0.127 e. The maximum atomic E-state index is 9.26. The molecule has 0 saturated carbocycles. The van der Waals surface area contributed by atoms with Crippen molar-refractivity contribution in [1.29, 1.82) is 0 Å². The highest BCUT2D eigenvalue weighted by Crippen LogP contribution is 2.19. The molecule has 5 heteroatoms. The zero-order valence-corrected chi connectivity index (χ0v) is 13.4. The Morgan fingerprint density at radius 2 is 1.35 bits per heavy atom. The van der Waals surface area contributed by atoms with Gasteiger partial charge in [-0.05, 0) is 37.6 Å². The van der Waals surface area contributed by atoms with Crippen LogP contribution in [-0.4, -0.2) is 28.9 Å². The quantitative estimate of drug-likeness (QED) is 0.899. The van der Waals surface area contributed by atoms with Crippen molar-refractivity contribution in [3.8, 4) is 11.5 Å². The summed E-state index contributed by atoms with van der Waals surface area (Å²) in [7, 11) is 0. The van der Waals surface area contributed by atoms with Crippen molar-refractivity contribution in [3.63, 3.8) is 0 Å². The molecule has 1 atom stereocenters. The zero-order valence-electron chi connectivity index (χ0n) is 13.4. The molecule has 2 aromatic rings. The monoisotopic (exact) mass is 319 g/mol. The van der Waals surface area contributed by atoms with Crippen LogP contribution in [0.5, 0.6) is 11.5 Å². The van der Waals surface area contributed by atoms with Crippen molar-refractivity contribution in [2.45, 2.75) is 26.4 Å². The first kappa shape index (κ1) is 20.6. The van der Waals surface area contributed by atoms with Gasteiger partial charge >= 0.3 is 0 Å². The van der Waals surface area contributed by atoms with Gasteiger partial charge < -0.3 is 24.9 Å². The second-order valence-electron chi connectivity index (χ2n) is 4.49. The van der Waals surface area contributed by atoms with Gasteiger partial charge in [0.15, 0.2) is 0 Å². The van der Waals surface area contributed by atoms with Crippen LogP contribution in [0.15, 0.2) is 60.7 Å². The van der Waals surface area contributed by atoms with Crippen molar-refractivity contribution < 1.29 is 24.9 Å². The molecule has 0 radical (unpaired) electrons. The van der Waals surface area contributed by atoms with E-state index in [1.165, 1.54) is 13.8 Å². The number of hydrogen-bond donors (Lipinski definition) is 2. The Morgan fingerprint density at radius 1 is 1.04 bits per heavy atom. The lowest BCUT2D eigenvalue weighted by molar-refractivity contribution is -0.305. The Kier molecular flexibility index (Phi) is 11.9. The number of carboxylic acids is 1. The molecule has 0 heterocycles. The molecule has 126 valence electrons. The van der Waals surface area contributed by atoms with Gasteiger partial charge in [-0.2, -0.15) is 0 Å². The molecule has 0 bridgehead atoms. The SMILES string of the molecule is CC(O)CO.CCC(=O)[O-].c1ccc(Oc2ccccc2)cc1. The highest BCUT2D eigenvalue weighted by Gasteiger charge is 1.92. The molecule has 1 unspecified atom stereocenters. The number of rotatable bonds is 4. The van der Waals surface area contributed by atoms with Crippen molar-refractivity contribution in [2.24, 2.45) is 0 Å². The Morgan fingerprint density at radius 3 is 1.57 bits per heavy atom. The first-order valence-electron chi connectivity index (χ1n) is 7.26. The zero-order chi connectivity index (χ0) is 17.5. The summed E-state index contributed by atoms with van der Waals surface area (Å²) in [6.45, 7) is 2.93. The Balaban J connectivity index is 0.000000406. The Labute approximate surface area is 136 Å². The van der Waals surface area contributed by atoms with Crippen molar-refractivity contribution in [3.05, 3.63) is 60.7 Å². The van der Waals surface area contributed by atoms with Gasteiger partial charge in [-0.1, -0.05) is 43.3 Å². The van der Waals surface area contributed by atoms with Crippen LogP contribution in [0.1, 0.15) is 20.3 Å². The van der Waals surface area contributed by atoms with Gasteiger partial charge in [0, 0.05) is 5.97 Å². The van der Waals surface area contributed by atoms with E-state index in [4.69, 9.17) is 14.9 Å². The molecule has 2 rings (SSSR count). The van der Waals surface area contributed by atoms with Gasteiger partial charge in [-0.15, -0.1) is 0 Å². The van der Waals surface area contributed by atoms with E-state index in [1.54, 1.807) is 0 Å². The molecule has 2 aromatic carbocycles. The second-order valence-corrected chi connectivity index (χ2v) is 4.49. The number of carbonyl (C=O) groups excluding carboxylic acids is 1. The molecule has 0 saturated heterocycles. The molecule has 23 heavy (non-hydrogen) atoms. The van der Waals surface area contributed by atoms with E-state index in [-0.39, 0.29) is 13.0 Å². The second kappa shape index (κ2) is 13.3. The summed E-state index contributed by atoms with van der Waals surface area (Å²) in [4.78, 5) is 9.26. The molecule has 0 fully saturated rings. The van der Waals surface area contributed by atoms with E-state index in [9.17, 15) is 9.90 Å². The molecule has 5 nitrogen and oxygen atoms in total. The van der Waals surface area contributed by atoms with Crippen LogP contribution in [0.3, 0.4) is 0 Å². The number of benzene rings is 2. The average Bonchev–Trinajstić information content (AvgIpc) is 2.58. The van der Waals surface area contributed by atoms with Crippen molar-refractivity contribution in [1.82, 2.24) is 0 Å². The van der Waals surface area contributed by atoms with E-state index in [2.05, 4.69) is 0 Å². The summed E-state index contributed by atoms with van der Waals surface area (Å²) in [5.41, 5.74) is 0. The van der Waals surface area contributed by atoms with Crippen LogP contribution in [0, 0.1) is 0 Å². The topological polar surface area (TPSA) is 89.8 Å². The number of aliphatic carboxylic acids is 1. The van der Waals surface area contributed by atoms with Crippen LogP contribution in [0.25, 0.3) is 0 Å². The predicted octanol–water partition coefficient (Wildman–Crippen LogP) is 1.98. The van der Waals surface area contributed by atoms with Crippen LogP contribution in [0.2, 0.25) is 0 Å². The standard InChI is InChI=1S/C12H10O.C3H8O2.C3H6O2/c1-3-7-11(8-4-1)13-12-9-5-2-6-10-12;1-3(5)2-4;1-2-3(4)5/h1-10H;3-5H,2H2,1H3;2H2,1H3,(H,4,5)/p-1. The molecule has 0 aliphatic rings. The summed E-state index contributed by atoms with van der Waals surface area (Å²) >= 11 is 0. The third-order valence-electron chi connectivity index (χ3n) is 2.28. The number of aliphatic hydroxyl groups is 2. The third kappa shape index (κ3) is 13.0. The summed E-state index contributed by atoms with van der Waals surface area (Å²) in [6, 6.07) is 19.5. The number of aliphatic hydroxyl groups excluding tert-OH is 2. The van der Waals surface area contributed by atoms with Gasteiger partial charge in [0.05, 0.1) is 12.7 Å². The van der Waals surface area contributed by atoms with Crippen LogP contribution in [0.4, 0.5) is 0 Å². The van der Waals surface area contributed by atoms with Gasteiger partial charge in [-0.3, -0.25) is 0 Å². The summed E-state index contributed by atoms with van der Waals surface area (Å²) in [5.74, 6) is 0.743. The van der Waals surface area contributed by atoms with Crippen LogP contribution in [-0.2, 0) is 4.79 Å².